The lowest BCUT2D eigenvalue weighted by atomic mass is 10.1. The highest BCUT2D eigenvalue weighted by atomic mass is 16.2. The number of rotatable bonds is 3. The molecule has 1 aliphatic heterocycles. The summed E-state index contributed by atoms with van der Waals surface area (Å²) in [5.41, 5.74) is 2.87. The first kappa shape index (κ1) is 12.8. The zero-order chi connectivity index (χ0) is 13.3. The lowest BCUT2D eigenvalue weighted by Gasteiger charge is -2.22. The van der Waals surface area contributed by atoms with Crippen molar-refractivity contribution in [2.75, 3.05) is 26.2 Å². The normalized spacial score (nSPS) is 19.7. The number of ketones is 1. The number of nitrogens with one attached hydrogen (secondary N) is 2. The van der Waals surface area contributed by atoms with E-state index < -0.39 is 0 Å². The van der Waals surface area contributed by atoms with Crippen LogP contribution in [0, 0.1) is 13.8 Å². The Morgan fingerprint density at radius 3 is 2.78 bits per heavy atom. The van der Waals surface area contributed by atoms with Crippen molar-refractivity contribution >= 4 is 11.7 Å². The molecule has 5 heteroatoms. The van der Waals surface area contributed by atoms with Gasteiger partial charge in [0.25, 0.3) is 5.91 Å². The van der Waals surface area contributed by atoms with E-state index in [1.807, 2.05) is 31.5 Å². The smallest absolute Gasteiger partial charge is 0.275 e. The zero-order valence-electron chi connectivity index (χ0n) is 11.2. The molecule has 0 radical (unpaired) electrons. The van der Waals surface area contributed by atoms with Gasteiger partial charge in [0.05, 0.1) is 13.1 Å². The van der Waals surface area contributed by atoms with Gasteiger partial charge in [-0.05, 0) is 19.9 Å². The van der Waals surface area contributed by atoms with Crippen LogP contribution in [0.15, 0.2) is 6.07 Å². The van der Waals surface area contributed by atoms with Gasteiger partial charge < -0.3 is 14.8 Å². The van der Waals surface area contributed by atoms with Crippen LogP contribution in [-0.4, -0.2) is 42.4 Å². The molecule has 98 valence electrons. The summed E-state index contributed by atoms with van der Waals surface area (Å²) >= 11 is 0. The van der Waals surface area contributed by atoms with Gasteiger partial charge in [-0.15, -0.1) is 0 Å². The second-order valence-corrected chi connectivity index (χ2v) is 4.97. The Hall–Kier alpha value is -1.62. The van der Waals surface area contributed by atoms with E-state index in [-0.39, 0.29) is 11.7 Å². The summed E-state index contributed by atoms with van der Waals surface area (Å²) in [4.78, 5) is 24.6. The Balaban J connectivity index is 2.07. The number of amides is 1. The molecule has 0 spiro atoms. The SMILES string of the molecule is Cc1cc(C(=O)C[NH+]2CCNC(=O)C2)c(C)n1C. The Morgan fingerprint density at radius 1 is 1.50 bits per heavy atom. The highest BCUT2D eigenvalue weighted by molar-refractivity contribution is 5.98. The van der Waals surface area contributed by atoms with Crippen LogP contribution in [0.25, 0.3) is 0 Å². The monoisotopic (exact) mass is 250 g/mol. The highest BCUT2D eigenvalue weighted by Crippen LogP contribution is 2.13. The van der Waals surface area contributed by atoms with Crippen molar-refractivity contribution in [1.29, 1.82) is 0 Å². The molecule has 0 aliphatic carbocycles. The number of hydrogen-bond donors (Lipinski definition) is 2. The fourth-order valence-corrected chi connectivity index (χ4v) is 2.37. The van der Waals surface area contributed by atoms with Gasteiger partial charge in [-0.1, -0.05) is 0 Å². The summed E-state index contributed by atoms with van der Waals surface area (Å²) in [5.74, 6) is 0.158. The predicted octanol–water partition coefficient (Wildman–Crippen LogP) is -1.16. The third-order valence-corrected chi connectivity index (χ3v) is 3.70. The van der Waals surface area contributed by atoms with Gasteiger partial charge in [-0.25, -0.2) is 0 Å². The number of piperazine rings is 1. The Morgan fingerprint density at radius 2 is 2.22 bits per heavy atom. The molecule has 1 aromatic heterocycles. The van der Waals surface area contributed by atoms with Crippen LogP contribution in [0.1, 0.15) is 21.7 Å². The first-order chi connectivity index (χ1) is 8.49. The maximum absolute atomic E-state index is 12.2. The van der Waals surface area contributed by atoms with E-state index in [4.69, 9.17) is 0 Å². The molecule has 1 aromatic rings. The summed E-state index contributed by atoms with van der Waals surface area (Å²) in [7, 11) is 1.96. The number of hydrogen-bond acceptors (Lipinski definition) is 2. The first-order valence-corrected chi connectivity index (χ1v) is 6.25. The van der Waals surface area contributed by atoms with Gasteiger partial charge in [0.15, 0.2) is 6.54 Å². The molecule has 0 bridgehead atoms. The van der Waals surface area contributed by atoms with Crippen LogP contribution >= 0.6 is 0 Å². The first-order valence-electron chi connectivity index (χ1n) is 6.25. The van der Waals surface area contributed by atoms with E-state index in [0.717, 1.165) is 28.4 Å². The zero-order valence-corrected chi connectivity index (χ0v) is 11.2. The summed E-state index contributed by atoms with van der Waals surface area (Å²) < 4.78 is 2.02. The van der Waals surface area contributed by atoms with Gasteiger partial charge in [0.1, 0.15) is 6.54 Å². The van der Waals surface area contributed by atoms with Crippen molar-refractivity contribution in [1.82, 2.24) is 9.88 Å². The molecule has 1 amide bonds. The Kier molecular flexibility index (Phi) is 3.52. The number of nitrogens with zero attached hydrogens (tertiary/aromatic N) is 1. The molecular formula is C13H20N3O2+. The van der Waals surface area contributed by atoms with Gasteiger partial charge in [-0.2, -0.15) is 0 Å². The van der Waals surface area contributed by atoms with Crippen LogP contribution in [0.4, 0.5) is 0 Å². The van der Waals surface area contributed by atoms with E-state index in [1.165, 1.54) is 0 Å². The molecule has 2 heterocycles. The van der Waals surface area contributed by atoms with Gasteiger partial charge in [-0.3, -0.25) is 9.59 Å². The average Bonchev–Trinajstić information content (AvgIpc) is 2.57. The average molecular weight is 250 g/mol. The fourth-order valence-electron chi connectivity index (χ4n) is 2.37. The number of carbonyl (C=O) groups excluding carboxylic acids is 2. The van der Waals surface area contributed by atoms with E-state index in [2.05, 4.69) is 5.32 Å². The van der Waals surface area contributed by atoms with E-state index in [9.17, 15) is 9.59 Å². The second-order valence-electron chi connectivity index (χ2n) is 4.97. The van der Waals surface area contributed by atoms with Crippen molar-refractivity contribution in [2.24, 2.45) is 7.05 Å². The molecule has 1 atom stereocenters. The Labute approximate surface area is 107 Å². The van der Waals surface area contributed by atoms with Crippen LogP contribution < -0.4 is 10.2 Å². The lowest BCUT2D eigenvalue weighted by molar-refractivity contribution is -0.884. The van der Waals surface area contributed by atoms with Crippen LogP contribution in [0.5, 0.6) is 0 Å². The number of quaternary nitrogens is 1. The van der Waals surface area contributed by atoms with Crippen molar-refractivity contribution in [3.8, 4) is 0 Å². The molecule has 1 unspecified atom stereocenters. The van der Waals surface area contributed by atoms with Crippen molar-refractivity contribution in [2.45, 2.75) is 13.8 Å². The minimum Gasteiger partial charge on any atom is -0.351 e. The number of carbonyl (C=O) groups is 2. The Bertz CT molecular complexity index is 491. The summed E-state index contributed by atoms with van der Waals surface area (Å²) in [6.07, 6.45) is 0. The molecule has 2 N–H and O–H groups in total. The van der Waals surface area contributed by atoms with Crippen LogP contribution in [0.3, 0.4) is 0 Å². The number of aryl methyl sites for hydroxylation is 1. The molecule has 0 aromatic carbocycles. The van der Waals surface area contributed by atoms with Crippen molar-refractivity contribution < 1.29 is 14.5 Å². The van der Waals surface area contributed by atoms with Gasteiger partial charge in [0, 0.05) is 24.0 Å². The maximum Gasteiger partial charge on any atom is 0.275 e. The van der Waals surface area contributed by atoms with Crippen molar-refractivity contribution in [3.05, 3.63) is 23.0 Å². The molecule has 1 saturated heterocycles. The minimum absolute atomic E-state index is 0.0324. The van der Waals surface area contributed by atoms with Gasteiger partial charge in [0.2, 0.25) is 5.78 Å². The minimum atomic E-state index is 0.0324. The van der Waals surface area contributed by atoms with E-state index in [1.54, 1.807) is 0 Å². The standard InChI is InChI=1S/C13H19N3O2/c1-9-6-11(10(2)15(9)3)12(17)7-16-5-4-14-13(18)8-16/h6H,4-5,7-8H2,1-3H3,(H,14,18)/p+1. The molecule has 5 nitrogen and oxygen atoms in total. The third-order valence-electron chi connectivity index (χ3n) is 3.70. The van der Waals surface area contributed by atoms with Crippen molar-refractivity contribution in [3.63, 3.8) is 0 Å². The van der Waals surface area contributed by atoms with E-state index >= 15 is 0 Å². The van der Waals surface area contributed by atoms with E-state index in [0.29, 0.717) is 19.6 Å². The molecule has 2 rings (SSSR count). The molecule has 18 heavy (non-hydrogen) atoms. The summed E-state index contributed by atoms with van der Waals surface area (Å²) in [5, 5.41) is 2.77. The van der Waals surface area contributed by atoms with Crippen LogP contribution in [0.2, 0.25) is 0 Å². The molecule has 1 aliphatic rings. The predicted molar refractivity (Wildman–Crippen MR) is 67.8 cm³/mol. The lowest BCUT2D eigenvalue weighted by Crippen LogP contribution is -3.16. The summed E-state index contributed by atoms with van der Waals surface area (Å²) in [6.45, 7) is 6.23. The topological polar surface area (TPSA) is 55.5 Å². The molecule has 0 saturated carbocycles. The summed E-state index contributed by atoms with van der Waals surface area (Å²) in [6, 6.07) is 1.93. The highest BCUT2D eigenvalue weighted by Gasteiger charge is 2.24. The number of Topliss-reactive ketones (excluding diaryl/α,β-unsaturated/α-hetero) is 1. The molecular weight excluding hydrogens is 230 g/mol. The molecule has 1 fully saturated rings. The number of aromatic nitrogens is 1. The largest absolute Gasteiger partial charge is 0.351 e. The quantitative estimate of drug-likeness (QED) is 0.665. The fraction of sp³-hybridized carbons (Fsp3) is 0.538. The van der Waals surface area contributed by atoms with Crippen LogP contribution in [-0.2, 0) is 11.8 Å². The second kappa shape index (κ2) is 4.94. The van der Waals surface area contributed by atoms with Gasteiger partial charge >= 0.3 is 0 Å². The third kappa shape index (κ3) is 2.46. The maximum atomic E-state index is 12.2.